The first-order valence-corrected chi connectivity index (χ1v) is 18.3. The molecule has 1 fully saturated rings. The van der Waals surface area contributed by atoms with Gasteiger partial charge in [-0.05, 0) is 54.4 Å². The van der Waals surface area contributed by atoms with E-state index in [1.54, 1.807) is 13.8 Å². The minimum absolute atomic E-state index is 0.0106. The molecule has 7 atom stereocenters. The van der Waals surface area contributed by atoms with E-state index in [0.717, 1.165) is 5.56 Å². The quantitative estimate of drug-likeness (QED) is 0.207. The summed E-state index contributed by atoms with van der Waals surface area (Å²) in [5.41, 5.74) is 0.786. The maximum atomic E-state index is 14.0. The van der Waals surface area contributed by atoms with E-state index in [1.165, 1.54) is 0 Å². The van der Waals surface area contributed by atoms with E-state index in [1.807, 2.05) is 85.7 Å². The Hall–Kier alpha value is -3.96. The van der Waals surface area contributed by atoms with Crippen molar-refractivity contribution in [3.63, 3.8) is 0 Å². The van der Waals surface area contributed by atoms with Gasteiger partial charge in [0.1, 0.15) is 36.3 Å². The lowest BCUT2D eigenvalue weighted by Crippen LogP contribution is -2.63. The average molecular weight is 699 g/mol. The maximum Gasteiger partial charge on any atom is 0.243 e. The number of carbonyl (C=O) groups is 6. The summed E-state index contributed by atoms with van der Waals surface area (Å²) in [6.07, 6.45) is 1.55. The second-order valence-electron chi connectivity index (χ2n) is 15.4. The van der Waals surface area contributed by atoms with Gasteiger partial charge in [0, 0.05) is 6.42 Å². The van der Waals surface area contributed by atoms with Crippen molar-refractivity contribution in [3.8, 4) is 0 Å². The SMILES string of the molecule is CCC(C)C1NC(=O)C(CC(C)C)NC(=O)C(CC(C)C)NC(=O)C(CC(C)C)NC(=O)C(C(C)C)NC(=O)C(Cc2ccccc2)NC1=O. The third-order valence-electron chi connectivity index (χ3n) is 8.98. The average Bonchev–Trinajstić information content (AvgIpc) is 3.03. The second kappa shape index (κ2) is 20.0. The summed E-state index contributed by atoms with van der Waals surface area (Å²) >= 11 is 0. The monoisotopic (exact) mass is 698 g/mol. The summed E-state index contributed by atoms with van der Waals surface area (Å²) in [7, 11) is 0. The minimum atomic E-state index is -1.08. The summed E-state index contributed by atoms with van der Waals surface area (Å²) < 4.78 is 0. The summed E-state index contributed by atoms with van der Waals surface area (Å²) in [5.74, 6) is -3.91. The minimum Gasteiger partial charge on any atom is -0.343 e. The number of benzene rings is 1. The van der Waals surface area contributed by atoms with E-state index < -0.39 is 71.7 Å². The lowest BCUT2D eigenvalue weighted by atomic mass is 9.95. The molecule has 1 aromatic carbocycles. The molecule has 1 aromatic rings. The van der Waals surface area contributed by atoms with Crippen molar-refractivity contribution < 1.29 is 28.8 Å². The first kappa shape index (κ1) is 42.2. The van der Waals surface area contributed by atoms with Crippen LogP contribution in [0.3, 0.4) is 0 Å². The van der Waals surface area contributed by atoms with Gasteiger partial charge in [-0.15, -0.1) is 0 Å². The van der Waals surface area contributed by atoms with Crippen molar-refractivity contribution >= 4 is 35.4 Å². The summed E-state index contributed by atoms with van der Waals surface area (Å²) in [6.45, 7) is 18.8. The van der Waals surface area contributed by atoms with Gasteiger partial charge in [0.25, 0.3) is 0 Å². The Labute approximate surface area is 298 Å². The highest BCUT2D eigenvalue weighted by atomic mass is 16.2. The Morgan fingerprint density at radius 1 is 0.480 bits per heavy atom. The van der Waals surface area contributed by atoms with Gasteiger partial charge in [-0.2, -0.15) is 0 Å². The molecule has 0 radical (unpaired) electrons. The van der Waals surface area contributed by atoms with Crippen LogP contribution in [0.5, 0.6) is 0 Å². The third-order valence-corrected chi connectivity index (χ3v) is 8.98. The van der Waals surface area contributed by atoms with Crippen LogP contribution in [-0.2, 0) is 35.2 Å². The molecule has 6 N–H and O–H groups in total. The molecule has 1 aliphatic rings. The van der Waals surface area contributed by atoms with Crippen LogP contribution < -0.4 is 31.9 Å². The number of rotatable bonds is 11. The summed E-state index contributed by atoms with van der Waals surface area (Å²) in [6, 6.07) is 3.09. The molecule has 0 saturated carbocycles. The Bertz CT molecular complexity index is 1300. The van der Waals surface area contributed by atoms with Crippen molar-refractivity contribution in [1.29, 1.82) is 0 Å². The van der Waals surface area contributed by atoms with Gasteiger partial charge in [0.2, 0.25) is 35.4 Å². The fraction of sp³-hybridized carbons (Fsp3) is 0.684. The third kappa shape index (κ3) is 13.4. The van der Waals surface area contributed by atoms with Crippen molar-refractivity contribution in [2.75, 3.05) is 0 Å². The molecule has 0 aliphatic carbocycles. The van der Waals surface area contributed by atoms with Crippen LogP contribution >= 0.6 is 0 Å². The zero-order chi connectivity index (χ0) is 37.7. The fourth-order valence-corrected chi connectivity index (χ4v) is 5.98. The highest BCUT2D eigenvalue weighted by Crippen LogP contribution is 2.15. The van der Waals surface area contributed by atoms with Crippen LogP contribution in [-0.4, -0.2) is 71.7 Å². The van der Waals surface area contributed by atoms with Gasteiger partial charge in [0.05, 0.1) is 0 Å². The Morgan fingerprint density at radius 3 is 1.26 bits per heavy atom. The van der Waals surface area contributed by atoms with Crippen molar-refractivity contribution in [2.24, 2.45) is 29.6 Å². The first-order valence-electron chi connectivity index (χ1n) is 18.3. The molecule has 0 bridgehead atoms. The van der Waals surface area contributed by atoms with Gasteiger partial charge >= 0.3 is 0 Å². The van der Waals surface area contributed by atoms with Crippen LogP contribution in [0.1, 0.15) is 100 Å². The molecule has 6 amide bonds. The topological polar surface area (TPSA) is 175 Å². The predicted molar refractivity (Wildman–Crippen MR) is 194 cm³/mol. The zero-order valence-corrected chi connectivity index (χ0v) is 31.7. The number of hydrogen-bond donors (Lipinski definition) is 6. The molecule has 0 spiro atoms. The molecule has 12 heteroatoms. The van der Waals surface area contributed by atoms with Crippen LogP contribution in [0.25, 0.3) is 0 Å². The fourth-order valence-electron chi connectivity index (χ4n) is 5.98. The number of nitrogens with one attached hydrogen (secondary N) is 6. The highest BCUT2D eigenvalue weighted by Gasteiger charge is 2.37. The lowest BCUT2D eigenvalue weighted by Gasteiger charge is -2.32. The molecular formula is C38H62N6O6. The molecule has 12 nitrogen and oxygen atoms in total. The van der Waals surface area contributed by atoms with Gasteiger partial charge in [-0.1, -0.05) is 106 Å². The van der Waals surface area contributed by atoms with E-state index in [0.29, 0.717) is 12.8 Å². The molecule has 0 aromatic heterocycles. The highest BCUT2D eigenvalue weighted by molar-refractivity contribution is 5.98. The van der Waals surface area contributed by atoms with Crippen molar-refractivity contribution in [2.45, 2.75) is 138 Å². The zero-order valence-electron chi connectivity index (χ0n) is 31.7. The molecule has 1 heterocycles. The van der Waals surface area contributed by atoms with E-state index >= 15 is 0 Å². The number of amides is 6. The van der Waals surface area contributed by atoms with Crippen LogP contribution in [0.15, 0.2) is 30.3 Å². The molecule has 280 valence electrons. The maximum absolute atomic E-state index is 14.0. The Kier molecular flexibility index (Phi) is 16.9. The molecule has 2 rings (SSSR count). The van der Waals surface area contributed by atoms with E-state index in [2.05, 4.69) is 31.9 Å². The largest absolute Gasteiger partial charge is 0.343 e. The number of hydrogen-bond acceptors (Lipinski definition) is 6. The van der Waals surface area contributed by atoms with Crippen molar-refractivity contribution in [3.05, 3.63) is 35.9 Å². The summed E-state index contributed by atoms with van der Waals surface area (Å²) in [5, 5.41) is 17.1. The smallest absolute Gasteiger partial charge is 0.243 e. The van der Waals surface area contributed by atoms with Crippen molar-refractivity contribution in [1.82, 2.24) is 31.9 Å². The molecule has 1 saturated heterocycles. The van der Waals surface area contributed by atoms with Gasteiger partial charge in [-0.25, -0.2) is 0 Å². The van der Waals surface area contributed by atoms with E-state index in [4.69, 9.17) is 0 Å². The molecule has 1 aliphatic heterocycles. The van der Waals surface area contributed by atoms with Crippen LogP contribution in [0.4, 0.5) is 0 Å². The van der Waals surface area contributed by atoms with Crippen LogP contribution in [0, 0.1) is 29.6 Å². The van der Waals surface area contributed by atoms with E-state index in [9.17, 15) is 28.8 Å². The van der Waals surface area contributed by atoms with E-state index in [-0.39, 0.29) is 48.9 Å². The second-order valence-corrected chi connectivity index (χ2v) is 15.4. The number of carbonyl (C=O) groups excluding carboxylic acids is 6. The Morgan fingerprint density at radius 2 is 0.840 bits per heavy atom. The summed E-state index contributed by atoms with van der Waals surface area (Å²) in [4.78, 5) is 83.4. The standard InChI is InChI=1S/C38H62N6O6/c1-11-25(10)32-38(50)42-30(20-26-15-13-12-14-16-26)36(48)43-31(24(8)9)37(49)41-28(18-22(4)5)34(46)39-27(17-21(2)3)33(45)40-29(19-23(6)7)35(47)44-32/h12-16,21-25,27-32H,11,17-20H2,1-10H3,(H,39,46)(H,40,45)(H,41,49)(H,42,50)(H,43,48)(H,44,47). The lowest BCUT2D eigenvalue weighted by molar-refractivity contribution is -0.137. The first-order chi connectivity index (χ1) is 23.4. The predicted octanol–water partition coefficient (Wildman–Crippen LogP) is 2.99. The molecular weight excluding hydrogens is 636 g/mol. The Balaban J connectivity index is 2.69. The molecule has 50 heavy (non-hydrogen) atoms. The van der Waals surface area contributed by atoms with Crippen LogP contribution in [0.2, 0.25) is 0 Å². The van der Waals surface area contributed by atoms with Gasteiger partial charge < -0.3 is 31.9 Å². The van der Waals surface area contributed by atoms with Gasteiger partial charge in [0.15, 0.2) is 0 Å². The van der Waals surface area contributed by atoms with Gasteiger partial charge in [-0.3, -0.25) is 28.8 Å². The molecule has 7 unspecified atom stereocenters. The normalized spacial score (nSPS) is 25.6.